The van der Waals surface area contributed by atoms with E-state index in [1.165, 1.54) is 0 Å². The van der Waals surface area contributed by atoms with E-state index in [9.17, 15) is 5.11 Å². The van der Waals surface area contributed by atoms with Crippen molar-refractivity contribution >= 4 is 12.4 Å². The smallest absolute Gasteiger partial charge is 0.160 e. The van der Waals surface area contributed by atoms with Gasteiger partial charge in [-0.15, -0.1) is 12.4 Å². The number of nitrogens with zero attached hydrogens (tertiary/aromatic N) is 2. The summed E-state index contributed by atoms with van der Waals surface area (Å²) in [5, 5.41) is 17.1. The molecule has 1 heterocycles. The van der Waals surface area contributed by atoms with Crippen LogP contribution in [-0.4, -0.2) is 22.0 Å². The maximum Gasteiger partial charge on any atom is 0.160 e. The quantitative estimate of drug-likeness (QED) is 0.879. The monoisotopic (exact) mass is 283 g/mol. The van der Waals surface area contributed by atoms with E-state index in [1.807, 2.05) is 31.4 Å². The summed E-state index contributed by atoms with van der Waals surface area (Å²) >= 11 is 0. The standard InChI is InChI=1S/C13H17N3O2.ClH/c1-16-6-5-11(15-16)9-14-8-10-3-4-12(17)13(7-10)18-2;/h3-7,14,17H,8-9H2,1-2H3;1H. The highest BCUT2D eigenvalue weighted by Gasteiger charge is 2.02. The third-order valence-corrected chi connectivity index (χ3v) is 2.65. The molecule has 1 aromatic heterocycles. The molecule has 5 nitrogen and oxygen atoms in total. The summed E-state index contributed by atoms with van der Waals surface area (Å²) in [6, 6.07) is 7.30. The van der Waals surface area contributed by atoms with Crippen LogP contribution >= 0.6 is 12.4 Å². The Hall–Kier alpha value is -1.72. The lowest BCUT2D eigenvalue weighted by atomic mass is 10.2. The van der Waals surface area contributed by atoms with Gasteiger partial charge in [-0.3, -0.25) is 4.68 Å². The Balaban J connectivity index is 0.00000180. The fourth-order valence-electron chi connectivity index (χ4n) is 1.72. The van der Waals surface area contributed by atoms with Gasteiger partial charge < -0.3 is 15.2 Å². The van der Waals surface area contributed by atoms with Crippen LogP contribution in [0.15, 0.2) is 30.5 Å². The van der Waals surface area contributed by atoms with Gasteiger partial charge in [0.25, 0.3) is 0 Å². The number of ether oxygens (including phenoxy) is 1. The lowest BCUT2D eigenvalue weighted by Gasteiger charge is -2.07. The van der Waals surface area contributed by atoms with E-state index < -0.39 is 0 Å². The van der Waals surface area contributed by atoms with E-state index >= 15 is 0 Å². The first kappa shape index (κ1) is 15.3. The predicted octanol–water partition coefficient (Wildman–Crippen LogP) is 1.85. The molecule has 2 aromatic rings. The van der Waals surface area contributed by atoms with Gasteiger partial charge in [0, 0.05) is 26.3 Å². The second kappa shape index (κ2) is 7.01. The fraction of sp³-hybridized carbons (Fsp3) is 0.308. The molecule has 0 bridgehead atoms. The van der Waals surface area contributed by atoms with Gasteiger partial charge in [-0.2, -0.15) is 5.10 Å². The Kier molecular flexibility index (Phi) is 5.66. The van der Waals surface area contributed by atoms with Crippen molar-refractivity contribution in [1.82, 2.24) is 15.1 Å². The number of phenols is 1. The number of aromatic hydroxyl groups is 1. The average Bonchev–Trinajstić information content (AvgIpc) is 2.77. The second-order valence-electron chi connectivity index (χ2n) is 4.09. The maximum absolute atomic E-state index is 9.48. The van der Waals surface area contributed by atoms with Crippen LogP contribution in [-0.2, 0) is 20.1 Å². The number of hydrogen-bond acceptors (Lipinski definition) is 4. The Bertz CT molecular complexity index is 528. The lowest BCUT2D eigenvalue weighted by molar-refractivity contribution is 0.372. The molecule has 0 unspecified atom stereocenters. The second-order valence-corrected chi connectivity index (χ2v) is 4.09. The molecule has 0 saturated heterocycles. The van der Waals surface area contributed by atoms with E-state index in [1.54, 1.807) is 17.9 Å². The predicted molar refractivity (Wildman–Crippen MR) is 75.7 cm³/mol. The molecular weight excluding hydrogens is 266 g/mol. The van der Waals surface area contributed by atoms with Crippen LogP contribution in [0.3, 0.4) is 0 Å². The molecule has 0 atom stereocenters. The van der Waals surface area contributed by atoms with Crippen molar-refractivity contribution in [3.63, 3.8) is 0 Å². The van der Waals surface area contributed by atoms with E-state index in [2.05, 4.69) is 10.4 Å². The lowest BCUT2D eigenvalue weighted by Crippen LogP contribution is -2.13. The molecule has 0 radical (unpaired) electrons. The van der Waals surface area contributed by atoms with Crippen LogP contribution < -0.4 is 10.1 Å². The van der Waals surface area contributed by atoms with E-state index in [0.29, 0.717) is 18.8 Å². The topological polar surface area (TPSA) is 59.3 Å². The third kappa shape index (κ3) is 4.15. The third-order valence-electron chi connectivity index (χ3n) is 2.65. The molecule has 6 heteroatoms. The first-order valence-corrected chi connectivity index (χ1v) is 5.74. The zero-order chi connectivity index (χ0) is 13.0. The Labute approximate surface area is 118 Å². The molecule has 19 heavy (non-hydrogen) atoms. The normalized spacial score (nSPS) is 10.0. The highest BCUT2D eigenvalue weighted by Crippen LogP contribution is 2.26. The molecule has 0 fully saturated rings. The molecule has 2 N–H and O–H groups in total. The zero-order valence-corrected chi connectivity index (χ0v) is 11.8. The van der Waals surface area contributed by atoms with E-state index in [4.69, 9.17) is 4.74 Å². The van der Waals surface area contributed by atoms with Gasteiger partial charge in [0.15, 0.2) is 11.5 Å². The number of rotatable bonds is 5. The van der Waals surface area contributed by atoms with Crippen molar-refractivity contribution < 1.29 is 9.84 Å². The van der Waals surface area contributed by atoms with Crippen LogP contribution in [0.5, 0.6) is 11.5 Å². The van der Waals surface area contributed by atoms with Crippen molar-refractivity contribution in [2.75, 3.05) is 7.11 Å². The number of aromatic nitrogens is 2. The number of nitrogens with one attached hydrogen (secondary N) is 1. The van der Waals surface area contributed by atoms with Crippen molar-refractivity contribution in [3.8, 4) is 11.5 Å². The van der Waals surface area contributed by atoms with Crippen molar-refractivity contribution in [3.05, 3.63) is 41.7 Å². The molecule has 2 rings (SSSR count). The summed E-state index contributed by atoms with van der Waals surface area (Å²) in [4.78, 5) is 0. The average molecular weight is 284 g/mol. The van der Waals surface area contributed by atoms with Crippen LogP contribution in [0.25, 0.3) is 0 Å². The molecule has 0 spiro atoms. The van der Waals surface area contributed by atoms with Gasteiger partial charge in [0.2, 0.25) is 0 Å². The minimum absolute atomic E-state index is 0. The molecule has 0 aliphatic heterocycles. The largest absolute Gasteiger partial charge is 0.504 e. The Morgan fingerprint density at radius 2 is 2.11 bits per heavy atom. The van der Waals surface area contributed by atoms with Gasteiger partial charge in [0.05, 0.1) is 12.8 Å². The molecular formula is C13H18ClN3O2. The van der Waals surface area contributed by atoms with E-state index in [0.717, 1.165) is 11.3 Å². The van der Waals surface area contributed by atoms with Crippen LogP contribution in [0.1, 0.15) is 11.3 Å². The summed E-state index contributed by atoms with van der Waals surface area (Å²) < 4.78 is 6.84. The van der Waals surface area contributed by atoms with Crippen LogP contribution in [0, 0.1) is 0 Å². The molecule has 1 aromatic carbocycles. The molecule has 0 amide bonds. The SMILES string of the molecule is COc1cc(CNCc2ccn(C)n2)ccc1O.Cl. The molecule has 0 aliphatic rings. The molecule has 0 aliphatic carbocycles. The first-order chi connectivity index (χ1) is 8.69. The molecule has 0 saturated carbocycles. The number of hydrogen-bond donors (Lipinski definition) is 2. The summed E-state index contributed by atoms with van der Waals surface area (Å²) in [7, 11) is 3.44. The Morgan fingerprint density at radius 1 is 1.32 bits per heavy atom. The van der Waals surface area contributed by atoms with Gasteiger partial charge in [-0.25, -0.2) is 0 Å². The highest BCUT2D eigenvalue weighted by molar-refractivity contribution is 5.85. The minimum Gasteiger partial charge on any atom is -0.504 e. The van der Waals surface area contributed by atoms with Gasteiger partial charge in [-0.1, -0.05) is 6.07 Å². The van der Waals surface area contributed by atoms with Crippen LogP contribution in [0.2, 0.25) is 0 Å². The van der Waals surface area contributed by atoms with Gasteiger partial charge in [0.1, 0.15) is 0 Å². The first-order valence-electron chi connectivity index (χ1n) is 5.74. The summed E-state index contributed by atoms with van der Waals surface area (Å²) in [5.41, 5.74) is 2.06. The summed E-state index contributed by atoms with van der Waals surface area (Å²) in [6.07, 6.45) is 1.92. The van der Waals surface area contributed by atoms with Crippen LogP contribution in [0.4, 0.5) is 0 Å². The Morgan fingerprint density at radius 3 is 2.74 bits per heavy atom. The zero-order valence-electron chi connectivity index (χ0n) is 11.0. The van der Waals surface area contributed by atoms with Crippen molar-refractivity contribution in [1.29, 1.82) is 0 Å². The summed E-state index contributed by atoms with van der Waals surface area (Å²) in [6.45, 7) is 1.41. The maximum atomic E-state index is 9.48. The number of phenolic OH excluding ortho intramolecular Hbond substituents is 1. The number of benzene rings is 1. The molecule has 104 valence electrons. The number of aryl methyl sites for hydroxylation is 1. The number of halogens is 1. The number of methoxy groups -OCH3 is 1. The van der Waals surface area contributed by atoms with Crippen molar-refractivity contribution in [2.45, 2.75) is 13.1 Å². The van der Waals surface area contributed by atoms with Gasteiger partial charge >= 0.3 is 0 Å². The van der Waals surface area contributed by atoms with E-state index in [-0.39, 0.29) is 18.2 Å². The minimum atomic E-state index is 0. The van der Waals surface area contributed by atoms with Gasteiger partial charge in [-0.05, 0) is 23.8 Å². The highest BCUT2D eigenvalue weighted by atomic mass is 35.5. The fourth-order valence-corrected chi connectivity index (χ4v) is 1.72. The summed E-state index contributed by atoms with van der Waals surface area (Å²) in [5.74, 6) is 0.651. The van der Waals surface area contributed by atoms with Crippen molar-refractivity contribution in [2.24, 2.45) is 7.05 Å².